The first-order valence-corrected chi connectivity index (χ1v) is 7.63. The van der Waals surface area contributed by atoms with Gasteiger partial charge in [-0.15, -0.1) is 0 Å². The molecule has 0 spiro atoms. The van der Waals surface area contributed by atoms with Crippen molar-refractivity contribution in [3.05, 3.63) is 58.4 Å². The highest BCUT2D eigenvalue weighted by molar-refractivity contribution is 5.92. The van der Waals surface area contributed by atoms with Gasteiger partial charge in [-0.3, -0.25) is 9.48 Å². The lowest BCUT2D eigenvalue weighted by molar-refractivity contribution is -0.117. The van der Waals surface area contributed by atoms with Gasteiger partial charge in [0.15, 0.2) is 0 Å². The van der Waals surface area contributed by atoms with Gasteiger partial charge >= 0.3 is 0 Å². The fourth-order valence-electron chi connectivity index (χ4n) is 3.12. The van der Waals surface area contributed by atoms with Crippen molar-refractivity contribution in [1.29, 1.82) is 0 Å². The first-order chi connectivity index (χ1) is 10.6. The van der Waals surface area contributed by atoms with Gasteiger partial charge < -0.3 is 5.32 Å². The molecular formula is C18H21N3O. The van der Waals surface area contributed by atoms with E-state index in [1.54, 1.807) is 6.08 Å². The van der Waals surface area contributed by atoms with Crippen molar-refractivity contribution in [3.63, 3.8) is 0 Å². The van der Waals surface area contributed by atoms with Gasteiger partial charge in [-0.25, -0.2) is 0 Å². The van der Waals surface area contributed by atoms with Crippen LogP contribution in [0.4, 0.5) is 0 Å². The van der Waals surface area contributed by atoms with Crippen molar-refractivity contribution >= 4 is 12.0 Å². The largest absolute Gasteiger partial charge is 0.346 e. The highest BCUT2D eigenvalue weighted by Gasteiger charge is 2.22. The molecule has 4 heteroatoms. The summed E-state index contributed by atoms with van der Waals surface area (Å²) in [5, 5.41) is 7.45. The number of fused-ring (bicyclic) bond motifs is 1. The number of nitrogens with zero attached hydrogens (tertiary/aromatic N) is 2. The third-order valence-corrected chi connectivity index (χ3v) is 4.42. The predicted octanol–water partition coefficient (Wildman–Crippen LogP) is 2.85. The van der Waals surface area contributed by atoms with Gasteiger partial charge in [-0.05, 0) is 43.9 Å². The van der Waals surface area contributed by atoms with Gasteiger partial charge in [0.05, 0.1) is 11.7 Å². The fraction of sp³-hybridized carbons (Fsp3) is 0.333. The maximum atomic E-state index is 12.2. The number of rotatable bonds is 3. The van der Waals surface area contributed by atoms with E-state index in [1.807, 2.05) is 37.7 Å². The van der Waals surface area contributed by atoms with Gasteiger partial charge in [0.1, 0.15) is 0 Å². The highest BCUT2D eigenvalue weighted by Crippen LogP contribution is 2.30. The van der Waals surface area contributed by atoms with Crippen molar-refractivity contribution in [2.24, 2.45) is 7.05 Å². The molecule has 1 N–H and O–H groups in total. The molecule has 1 aliphatic carbocycles. The summed E-state index contributed by atoms with van der Waals surface area (Å²) in [6.45, 7) is 3.96. The van der Waals surface area contributed by atoms with E-state index in [-0.39, 0.29) is 11.9 Å². The molecule has 1 aromatic heterocycles. The zero-order valence-electron chi connectivity index (χ0n) is 13.3. The van der Waals surface area contributed by atoms with Crippen LogP contribution in [-0.2, 0) is 18.3 Å². The third-order valence-electron chi connectivity index (χ3n) is 4.42. The van der Waals surface area contributed by atoms with Crippen molar-refractivity contribution in [3.8, 4) is 0 Å². The Kier molecular flexibility index (Phi) is 3.84. The molecule has 0 radical (unpaired) electrons. The first kappa shape index (κ1) is 14.6. The van der Waals surface area contributed by atoms with Crippen LogP contribution in [0.25, 0.3) is 6.08 Å². The molecule has 3 rings (SSSR count). The molecule has 0 bridgehead atoms. The van der Waals surface area contributed by atoms with Gasteiger partial charge in [-0.1, -0.05) is 24.3 Å². The summed E-state index contributed by atoms with van der Waals surface area (Å²) in [6.07, 6.45) is 5.47. The molecule has 22 heavy (non-hydrogen) atoms. The molecule has 1 aromatic carbocycles. The Morgan fingerprint density at radius 3 is 2.86 bits per heavy atom. The molecule has 2 aromatic rings. The number of hydrogen-bond donors (Lipinski definition) is 1. The molecule has 1 aliphatic rings. The van der Waals surface area contributed by atoms with Crippen LogP contribution in [0.1, 0.15) is 40.5 Å². The Morgan fingerprint density at radius 2 is 2.14 bits per heavy atom. The number of aryl methyl sites for hydroxylation is 3. The quantitative estimate of drug-likeness (QED) is 0.885. The van der Waals surface area contributed by atoms with E-state index in [4.69, 9.17) is 0 Å². The zero-order chi connectivity index (χ0) is 15.7. The molecule has 0 aliphatic heterocycles. The number of carbonyl (C=O) groups excluding carboxylic acids is 1. The van der Waals surface area contributed by atoms with Crippen LogP contribution in [0.3, 0.4) is 0 Å². The highest BCUT2D eigenvalue weighted by atomic mass is 16.1. The topological polar surface area (TPSA) is 46.9 Å². The summed E-state index contributed by atoms with van der Waals surface area (Å²) in [6, 6.07) is 8.45. The lowest BCUT2D eigenvalue weighted by atomic mass is 10.1. The summed E-state index contributed by atoms with van der Waals surface area (Å²) in [7, 11) is 1.91. The Bertz CT molecular complexity index is 743. The lowest BCUT2D eigenvalue weighted by Gasteiger charge is -2.12. The Morgan fingerprint density at radius 1 is 1.36 bits per heavy atom. The van der Waals surface area contributed by atoms with E-state index < -0.39 is 0 Å². The van der Waals surface area contributed by atoms with E-state index in [2.05, 4.69) is 28.6 Å². The van der Waals surface area contributed by atoms with Gasteiger partial charge in [-0.2, -0.15) is 5.10 Å². The molecule has 0 saturated heterocycles. The summed E-state index contributed by atoms with van der Waals surface area (Å²) < 4.78 is 1.83. The van der Waals surface area contributed by atoms with E-state index in [9.17, 15) is 4.79 Å². The van der Waals surface area contributed by atoms with Crippen LogP contribution in [-0.4, -0.2) is 15.7 Å². The average Bonchev–Trinajstić information content (AvgIpc) is 3.00. The number of amides is 1. The van der Waals surface area contributed by atoms with E-state index in [1.165, 1.54) is 11.1 Å². The predicted molar refractivity (Wildman–Crippen MR) is 87.4 cm³/mol. The van der Waals surface area contributed by atoms with Crippen LogP contribution in [0.15, 0.2) is 30.3 Å². The number of carbonyl (C=O) groups is 1. The maximum absolute atomic E-state index is 12.2. The molecule has 0 saturated carbocycles. The summed E-state index contributed by atoms with van der Waals surface area (Å²) >= 11 is 0. The van der Waals surface area contributed by atoms with Crippen molar-refractivity contribution in [2.45, 2.75) is 32.7 Å². The number of benzene rings is 1. The Labute approximate surface area is 130 Å². The van der Waals surface area contributed by atoms with Crippen molar-refractivity contribution in [1.82, 2.24) is 15.1 Å². The number of aromatic nitrogens is 2. The van der Waals surface area contributed by atoms with Gasteiger partial charge in [0, 0.05) is 24.4 Å². The van der Waals surface area contributed by atoms with Crippen molar-refractivity contribution in [2.75, 3.05) is 0 Å². The Hall–Kier alpha value is -2.36. The molecule has 4 nitrogen and oxygen atoms in total. The number of nitrogens with one attached hydrogen (secondary N) is 1. The minimum atomic E-state index is -0.0515. The van der Waals surface area contributed by atoms with Crippen LogP contribution in [0, 0.1) is 13.8 Å². The van der Waals surface area contributed by atoms with E-state index in [0.717, 1.165) is 29.8 Å². The first-order valence-electron chi connectivity index (χ1n) is 7.63. The molecular weight excluding hydrogens is 274 g/mol. The molecule has 0 fully saturated rings. The molecule has 1 unspecified atom stereocenters. The minimum Gasteiger partial charge on any atom is -0.346 e. The lowest BCUT2D eigenvalue weighted by Crippen LogP contribution is -2.25. The Balaban J connectivity index is 1.70. The van der Waals surface area contributed by atoms with E-state index in [0.29, 0.717) is 0 Å². The molecule has 1 amide bonds. The van der Waals surface area contributed by atoms with Crippen molar-refractivity contribution < 1.29 is 4.79 Å². The summed E-state index contributed by atoms with van der Waals surface area (Å²) in [4.78, 5) is 12.2. The molecule has 114 valence electrons. The van der Waals surface area contributed by atoms with E-state index >= 15 is 0 Å². The third kappa shape index (κ3) is 2.69. The zero-order valence-corrected chi connectivity index (χ0v) is 13.3. The second-order valence-electron chi connectivity index (χ2n) is 5.84. The van der Waals surface area contributed by atoms with Gasteiger partial charge in [0.25, 0.3) is 0 Å². The second kappa shape index (κ2) is 5.79. The average molecular weight is 295 g/mol. The van der Waals surface area contributed by atoms with Crippen LogP contribution >= 0.6 is 0 Å². The van der Waals surface area contributed by atoms with Gasteiger partial charge in [0.2, 0.25) is 5.91 Å². The van der Waals surface area contributed by atoms with Crippen LogP contribution in [0.5, 0.6) is 0 Å². The monoisotopic (exact) mass is 295 g/mol. The SMILES string of the molecule is Cc1nn(C)c(C)c1/C=C/C(=O)NC1CCc2ccccc21. The molecule has 1 heterocycles. The normalized spacial score (nSPS) is 17.0. The molecule has 1 atom stereocenters. The smallest absolute Gasteiger partial charge is 0.244 e. The standard InChI is InChI=1S/C18H21N3O/c1-12-15(13(2)21(3)20-12)9-11-18(22)19-17-10-8-14-6-4-5-7-16(14)17/h4-7,9,11,17H,8,10H2,1-3H3,(H,19,22)/b11-9+. The minimum absolute atomic E-state index is 0.0515. The number of hydrogen-bond acceptors (Lipinski definition) is 2. The fourth-order valence-corrected chi connectivity index (χ4v) is 3.12. The second-order valence-corrected chi connectivity index (χ2v) is 5.84. The maximum Gasteiger partial charge on any atom is 0.244 e. The van der Waals surface area contributed by atoms with Crippen LogP contribution < -0.4 is 5.32 Å². The summed E-state index contributed by atoms with van der Waals surface area (Å²) in [5.74, 6) is -0.0515. The van der Waals surface area contributed by atoms with Crippen LogP contribution in [0.2, 0.25) is 0 Å². The summed E-state index contributed by atoms with van der Waals surface area (Å²) in [5.41, 5.74) is 5.61.